The maximum absolute atomic E-state index is 12.2. The molecule has 0 atom stereocenters. The Balaban J connectivity index is 1.57. The Kier molecular flexibility index (Phi) is 7.16. The fourth-order valence-corrected chi connectivity index (χ4v) is 2.99. The number of hydrogen-bond donors (Lipinski definition) is 2. The lowest BCUT2D eigenvalue weighted by molar-refractivity contribution is -0.113. The van der Waals surface area contributed by atoms with Crippen LogP contribution in [0.2, 0.25) is 0 Å². The van der Waals surface area contributed by atoms with Gasteiger partial charge < -0.3 is 19.6 Å². The molecule has 8 nitrogen and oxygen atoms in total. The van der Waals surface area contributed by atoms with Gasteiger partial charge in [0.15, 0.2) is 5.89 Å². The Bertz CT molecular complexity index is 1070. The first-order valence-corrected chi connectivity index (χ1v) is 9.72. The number of ether oxygens (including phenoxy) is 1. The number of benzene rings is 2. The zero-order chi connectivity index (χ0) is 22.2. The summed E-state index contributed by atoms with van der Waals surface area (Å²) in [4.78, 5) is 27.7. The van der Waals surface area contributed by atoms with E-state index in [2.05, 4.69) is 15.5 Å². The first-order chi connectivity index (χ1) is 15.0. The van der Waals surface area contributed by atoms with Gasteiger partial charge in [0.1, 0.15) is 17.3 Å². The van der Waals surface area contributed by atoms with Crippen molar-refractivity contribution in [3.05, 3.63) is 93.9 Å². The molecule has 0 bridgehead atoms. The monoisotopic (exact) mass is 421 g/mol. The molecule has 2 N–H and O–H groups in total. The number of allylic oxidation sites excluding steroid dienone is 1. The van der Waals surface area contributed by atoms with Gasteiger partial charge in [0, 0.05) is 25.5 Å². The van der Waals surface area contributed by atoms with Gasteiger partial charge in [-0.15, -0.1) is 4.91 Å². The van der Waals surface area contributed by atoms with E-state index in [9.17, 15) is 14.8 Å². The SMILES string of the molecule is Cc1nc(CCOc2ccc(CC(O)=C(N=O)C(=O)Nc3ccccc3)cc2)c(C)o1. The Morgan fingerprint density at radius 2 is 1.84 bits per heavy atom. The van der Waals surface area contributed by atoms with Crippen LogP contribution < -0.4 is 10.1 Å². The third kappa shape index (κ3) is 6.02. The van der Waals surface area contributed by atoms with Gasteiger partial charge in [-0.1, -0.05) is 30.3 Å². The summed E-state index contributed by atoms with van der Waals surface area (Å²) in [5.41, 5.74) is 1.51. The van der Waals surface area contributed by atoms with Crippen molar-refractivity contribution < 1.29 is 19.1 Å². The molecule has 3 rings (SSSR count). The number of hydrogen-bond acceptors (Lipinski definition) is 7. The number of amides is 1. The van der Waals surface area contributed by atoms with Gasteiger partial charge in [-0.3, -0.25) is 4.79 Å². The van der Waals surface area contributed by atoms with Crippen LogP contribution in [0, 0.1) is 18.8 Å². The minimum atomic E-state index is -0.767. The second-order valence-electron chi connectivity index (χ2n) is 6.86. The molecule has 31 heavy (non-hydrogen) atoms. The number of para-hydroxylation sites is 1. The molecule has 160 valence electrons. The van der Waals surface area contributed by atoms with Crippen molar-refractivity contribution in [1.82, 2.24) is 4.98 Å². The lowest BCUT2D eigenvalue weighted by Crippen LogP contribution is -2.15. The minimum Gasteiger partial charge on any atom is -0.509 e. The van der Waals surface area contributed by atoms with Crippen LogP contribution in [0.5, 0.6) is 5.75 Å². The molecular formula is C23H23N3O5. The van der Waals surface area contributed by atoms with Crippen LogP contribution in [0.4, 0.5) is 5.69 Å². The van der Waals surface area contributed by atoms with E-state index in [0.29, 0.717) is 35.9 Å². The van der Waals surface area contributed by atoms with Crippen molar-refractivity contribution in [2.45, 2.75) is 26.7 Å². The summed E-state index contributed by atoms with van der Waals surface area (Å²) in [7, 11) is 0. The molecule has 1 heterocycles. The number of aryl methyl sites for hydroxylation is 2. The topological polar surface area (TPSA) is 114 Å². The highest BCUT2D eigenvalue weighted by atomic mass is 16.5. The van der Waals surface area contributed by atoms with E-state index < -0.39 is 17.4 Å². The summed E-state index contributed by atoms with van der Waals surface area (Å²) in [6, 6.07) is 15.6. The summed E-state index contributed by atoms with van der Waals surface area (Å²) >= 11 is 0. The van der Waals surface area contributed by atoms with Crippen LogP contribution in [0.1, 0.15) is 22.9 Å². The number of anilines is 1. The Morgan fingerprint density at radius 1 is 1.13 bits per heavy atom. The third-order valence-electron chi connectivity index (χ3n) is 4.51. The zero-order valence-corrected chi connectivity index (χ0v) is 17.3. The molecule has 0 aliphatic rings. The molecule has 8 heteroatoms. The van der Waals surface area contributed by atoms with Crippen molar-refractivity contribution in [3.8, 4) is 5.75 Å². The van der Waals surface area contributed by atoms with Gasteiger partial charge >= 0.3 is 0 Å². The van der Waals surface area contributed by atoms with Gasteiger partial charge in [0.2, 0.25) is 5.70 Å². The van der Waals surface area contributed by atoms with Gasteiger partial charge in [0.05, 0.1) is 12.3 Å². The Hall–Kier alpha value is -3.94. The van der Waals surface area contributed by atoms with Crippen molar-refractivity contribution in [2.75, 3.05) is 11.9 Å². The van der Waals surface area contributed by atoms with E-state index in [4.69, 9.17) is 9.15 Å². The van der Waals surface area contributed by atoms with E-state index in [1.165, 1.54) is 0 Å². The molecule has 0 saturated heterocycles. The van der Waals surface area contributed by atoms with Crippen LogP contribution in [0.25, 0.3) is 0 Å². The number of aliphatic hydroxyl groups is 1. The number of nitrogens with one attached hydrogen (secondary N) is 1. The maximum atomic E-state index is 12.2. The van der Waals surface area contributed by atoms with E-state index >= 15 is 0 Å². The molecule has 0 radical (unpaired) electrons. The second kappa shape index (κ2) is 10.2. The Labute approximate surface area is 179 Å². The summed E-state index contributed by atoms with van der Waals surface area (Å²) in [5.74, 6) is 0.896. The van der Waals surface area contributed by atoms with Crippen molar-refractivity contribution in [2.24, 2.45) is 5.18 Å². The van der Waals surface area contributed by atoms with E-state index in [1.807, 2.05) is 6.92 Å². The predicted octanol–water partition coefficient (Wildman–Crippen LogP) is 4.63. The normalized spacial score (nSPS) is 11.5. The Morgan fingerprint density at radius 3 is 2.45 bits per heavy atom. The molecule has 0 unspecified atom stereocenters. The molecule has 2 aromatic carbocycles. The molecule has 1 aromatic heterocycles. The lowest BCUT2D eigenvalue weighted by atomic mass is 10.1. The summed E-state index contributed by atoms with van der Waals surface area (Å²) in [6.45, 7) is 4.11. The predicted molar refractivity (Wildman–Crippen MR) is 116 cm³/mol. The second-order valence-corrected chi connectivity index (χ2v) is 6.86. The number of aliphatic hydroxyl groups excluding tert-OH is 1. The maximum Gasteiger partial charge on any atom is 0.281 e. The lowest BCUT2D eigenvalue weighted by Gasteiger charge is -2.08. The third-order valence-corrected chi connectivity index (χ3v) is 4.51. The smallest absolute Gasteiger partial charge is 0.281 e. The zero-order valence-electron chi connectivity index (χ0n) is 17.3. The molecule has 0 spiro atoms. The van der Waals surface area contributed by atoms with Gasteiger partial charge in [-0.25, -0.2) is 4.98 Å². The number of aromatic nitrogens is 1. The first-order valence-electron chi connectivity index (χ1n) is 9.72. The van der Waals surface area contributed by atoms with Crippen molar-refractivity contribution in [1.29, 1.82) is 0 Å². The highest BCUT2D eigenvalue weighted by Crippen LogP contribution is 2.18. The average Bonchev–Trinajstić information content (AvgIpc) is 3.07. The number of oxazole rings is 1. The highest BCUT2D eigenvalue weighted by molar-refractivity contribution is 6.03. The van der Waals surface area contributed by atoms with Crippen LogP contribution >= 0.6 is 0 Å². The van der Waals surface area contributed by atoms with E-state index in [0.717, 1.165) is 11.5 Å². The van der Waals surface area contributed by atoms with E-state index in [-0.39, 0.29) is 6.42 Å². The summed E-state index contributed by atoms with van der Waals surface area (Å²) < 4.78 is 11.1. The number of carbonyl (C=O) groups excluding carboxylic acids is 1. The molecule has 0 aliphatic heterocycles. The number of nitrogens with zero attached hydrogens (tertiary/aromatic N) is 2. The average molecular weight is 421 g/mol. The highest BCUT2D eigenvalue weighted by Gasteiger charge is 2.17. The summed E-state index contributed by atoms with van der Waals surface area (Å²) in [6.07, 6.45) is 0.611. The molecule has 0 aliphatic carbocycles. The number of nitroso groups, excluding NO2 is 1. The molecule has 0 saturated carbocycles. The number of carbonyl (C=O) groups is 1. The van der Waals surface area contributed by atoms with Crippen LogP contribution in [0.15, 0.2) is 75.6 Å². The van der Waals surface area contributed by atoms with Gasteiger partial charge in [0.25, 0.3) is 5.91 Å². The quantitative estimate of drug-likeness (QED) is 0.296. The first kappa shape index (κ1) is 21.8. The fourth-order valence-electron chi connectivity index (χ4n) is 2.99. The number of rotatable bonds is 9. The van der Waals surface area contributed by atoms with Crippen LogP contribution in [-0.2, 0) is 17.6 Å². The standard InChI is InChI=1S/C23H23N3O5/c1-15-20(24-16(2)31-15)12-13-30-19-10-8-17(9-11-19)14-21(27)22(26-29)23(28)25-18-6-4-3-5-7-18/h3-11,27H,12-14H2,1-2H3,(H,25,28). The largest absolute Gasteiger partial charge is 0.509 e. The molecule has 3 aromatic rings. The van der Waals surface area contributed by atoms with Crippen molar-refractivity contribution in [3.63, 3.8) is 0 Å². The molecule has 0 fully saturated rings. The van der Waals surface area contributed by atoms with Crippen LogP contribution in [-0.4, -0.2) is 22.6 Å². The van der Waals surface area contributed by atoms with Gasteiger partial charge in [-0.2, -0.15) is 0 Å². The molecular weight excluding hydrogens is 398 g/mol. The van der Waals surface area contributed by atoms with Gasteiger partial charge in [-0.05, 0) is 41.9 Å². The molecule has 1 amide bonds. The minimum absolute atomic E-state index is 0.0129. The van der Waals surface area contributed by atoms with Crippen LogP contribution in [0.3, 0.4) is 0 Å². The summed E-state index contributed by atoms with van der Waals surface area (Å²) in [5, 5.41) is 15.5. The fraction of sp³-hybridized carbons (Fsp3) is 0.217. The van der Waals surface area contributed by atoms with Crippen molar-refractivity contribution >= 4 is 11.6 Å². The van der Waals surface area contributed by atoms with E-state index in [1.54, 1.807) is 61.5 Å².